The van der Waals surface area contributed by atoms with Crippen LogP contribution in [0.4, 0.5) is 8.78 Å². The van der Waals surface area contributed by atoms with Crippen molar-refractivity contribution in [3.8, 4) is 5.88 Å². The molecule has 0 unspecified atom stereocenters. The molecular weight excluding hydrogens is 196 g/mol. The molecule has 0 aliphatic carbocycles. The summed E-state index contributed by atoms with van der Waals surface area (Å²) >= 11 is 0. The Morgan fingerprint density at radius 3 is 2.71 bits per heavy atom. The lowest BCUT2D eigenvalue weighted by molar-refractivity contribution is 0.0774. The third-order valence-electron chi connectivity index (χ3n) is 1.24. The Morgan fingerprint density at radius 1 is 1.50 bits per heavy atom. The van der Waals surface area contributed by atoms with Gasteiger partial charge in [0.2, 0.25) is 5.88 Å². The molecule has 1 heterocycles. The summed E-state index contributed by atoms with van der Waals surface area (Å²) in [6, 6.07) is 0. The van der Waals surface area contributed by atoms with Crippen molar-refractivity contribution < 1.29 is 18.3 Å². The molecule has 14 heavy (non-hydrogen) atoms. The minimum Gasteiger partial charge on any atom is -0.470 e. The number of carbonyl (C=O) groups is 1. The summed E-state index contributed by atoms with van der Waals surface area (Å²) in [5, 5.41) is 0. The topological polar surface area (TPSA) is 78.1 Å². The first-order valence-electron chi connectivity index (χ1n) is 3.63. The minimum atomic E-state index is -2.64. The number of hydrogen-bond donors (Lipinski definition) is 1. The van der Waals surface area contributed by atoms with Gasteiger partial charge in [-0.05, 0) is 0 Å². The van der Waals surface area contributed by atoms with E-state index < -0.39 is 18.9 Å². The summed E-state index contributed by atoms with van der Waals surface area (Å²) in [4.78, 5) is 17.8. The summed E-state index contributed by atoms with van der Waals surface area (Å²) in [6.45, 7) is -0.848. The van der Waals surface area contributed by atoms with Gasteiger partial charge in [-0.25, -0.2) is 18.7 Å². The molecule has 2 N–H and O–H groups in total. The molecule has 1 amide bonds. The van der Waals surface area contributed by atoms with Crippen molar-refractivity contribution in [3.63, 3.8) is 0 Å². The average molecular weight is 203 g/mol. The lowest BCUT2D eigenvalue weighted by Gasteiger charge is -2.05. The van der Waals surface area contributed by atoms with Gasteiger partial charge in [-0.1, -0.05) is 0 Å². The highest BCUT2D eigenvalue weighted by molar-refractivity contribution is 5.92. The third kappa shape index (κ3) is 2.61. The molecule has 1 aromatic heterocycles. The maximum absolute atomic E-state index is 11.8. The van der Waals surface area contributed by atoms with E-state index in [9.17, 15) is 13.6 Å². The van der Waals surface area contributed by atoms with Gasteiger partial charge in [-0.3, -0.25) is 4.79 Å². The lowest BCUT2D eigenvalue weighted by atomic mass is 10.4. The molecule has 5 nitrogen and oxygen atoms in total. The van der Waals surface area contributed by atoms with Crippen LogP contribution in [-0.2, 0) is 0 Å². The van der Waals surface area contributed by atoms with Gasteiger partial charge < -0.3 is 10.5 Å². The van der Waals surface area contributed by atoms with Crippen LogP contribution in [0.2, 0.25) is 0 Å². The van der Waals surface area contributed by atoms with Crippen LogP contribution in [0.5, 0.6) is 5.88 Å². The summed E-state index contributed by atoms with van der Waals surface area (Å²) < 4.78 is 28.1. The van der Waals surface area contributed by atoms with Gasteiger partial charge in [0.1, 0.15) is 0 Å². The zero-order valence-corrected chi connectivity index (χ0v) is 6.98. The van der Waals surface area contributed by atoms with Crippen molar-refractivity contribution in [2.45, 2.75) is 6.43 Å². The fourth-order valence-corrected chi connectivity index (χ4v) is 0.742. The Bertz CT molecular complexity index is 332. The van der Waals surface area contributed by atoms with Crippen LogP contribution in [0, 0.1) is 0 Å². The summed E-state index contributed by atoms with van der Waals surface area (Å²) in [5.74, 6) is -1.15. The van der Waals surface area contributed by atoms with Crippen LogP contribution >= 0.6 is 0 Å². The molecule has 0 spiro atoms. The van der Waals surface area contributed by atoms with E-state index in [1.807, 2.05) is 0 Å². The number of amides is 1. The summed E-state index contributed by atoms with van der Waals surface area (Å²) in [5.41, 5.74) is 4.66. The van der Waals surface area contributed by atoms with E-state index in [0.717, 1.165) is 0 Å². The quantitative estimate of drug-likeness (QED) is 0.759. The zero-order chi connectivity index (χ0) is 10.6. The Labute approximate surface area is 77.9 Å². The average Bonchev–Trinajstić information content (AvgIpc) is 2.15. The normalized spacial score (nSPS) is 10.2. The molecule has 0 saturated carbocycles. The monoisotopic (exact) mass is 203 g/mol. The fourth-order valence-electron chi connectivity index (χ4n) is 0.742. The summed E-state index contributed by atoms with van der Waals surface area (Å²) in [6.07, 6.45) is -0.208. The number of hydrogen-bond acceptors (Lipinski definition) is 4. The Morgan fingerprint density at radius 2 is 2.14 bits per heavy atom. The highest BCUT2D eigenvalue weighted by Crippen LogP contribution is 2.11. The van der Waals surface area contributed by atoms with E-state index in [4.69, 9.17) is 5.73 Å². The molecule has 0 aromatic carbocycles. The number of halogens is 2. The van der Waals surface area contributed by atoms with Crippen molar-refractivity contribution in [3.05, 3.63) is 18.1 Å². The molecule has 0 radical (unpaired) electrons. The van der Waals surface area contributed by atoms with E-state index in [2.05, 4.69) is 14.7 Å². The van der Waals surface area contributed by atoms with Gasteiger partial charge in [-0.2, -0.15) is 0 Å². The minimum absolute atomic E-state index is 0.256. The van der Waals surface area contributed by atoms with E-state index in [0.29, 0.717) is 0 Å². The van der Waals surface area contributed by atoms with Gasteiger partial charge in [0.25, 0.3) is 12.3 Å². The van der Waals surface area contributed by atoms with Gasteiger partial charge in [0.15, 0.2) is 12.3 Å². The van der Waals surface area contributed by atoms with Gasteiger partial charge in [0, 0.05) is 12.4 Å². The van der Waals surface area contributed by atoms with Crippen molar-refractivity contribution in [1.82, 2.24) is 9.97 Å². The Hall–Kier alpha value is -1.79. The molecular formula is C7H7F2N3O2. The molecule has 0 aliphatic rings. The van der Waals surface area contributed by atoms with E-state index in [-0.39, 0.29) is 11.6 Å². The van der Waals surface area contributed by atoms with Crippen molar-refractivity contribution in [2.75, 3.05) is 6.61 Å². The number of nitrogens with two attached hydrogens (primary N) is 1. The molecule has 7 heteroatoms. The number of alkyl halides is 2. The van der Waals surface area contributed by atoms with Gasteiger partial charge in [-0.15, -0.1) is 0 Å². The predicted molar refractivity (Wildman–Crippen MR) is 42.0 cm³/mol. The number of primary amides is 1. The number of carbonyl (C=O) groups excluding carboxylic acids is 1. The smallest absolute Gasteiger partial charge is 0.272 e. The molecule has 0 fully saturated rings. The Balaban J connectivity index is 2.79. The molecule has 0 bridgehead atoms. The maximum Gasteiger partial charge on any atom is 0.272 e. The van der Waals surface area contributed by atoms with E-state index in [1.54, 1.807) is 0 Å². The lowest BCUT2D eigenvalue weighted by Crippen LogP contribution is -2.17. The van der Waals surface area contributed by atoms with Crippen LogP contribution in [0.15, 0.2) is 12.4 Å². The zero-order valence-electron chi connectivity index (χ0n) is 6.98. The van der Waals surface area contributed by atoms with E-state index >= 15 is 0 Å². The predicted octanol–water partition coefficient (Wildman–Crippen LogP) is 0.219. The van der Waals surface area contributed by atoms with Crippen LogP contribution in [0.1, 0.15) is 10.5 Å². The first kappa shape index (κ1) is 10.3. The highest BCUT2D eigenvalue weighted by Gasteiger charge is 2.13. The fraction of sp³-hybridized carbons (Fsp3) is 0.286. The molecule has 0 atom stereocenters. The van der Waals surface area contributed by atoms with Crippen LogP contribution < -0.4 is 10.5 Å². The maximum atomic E-state index is 11.8. The van der Waals surface area contributed by atoms with E-state index in [1.165, 1.54) is 12.4 Å². The SMILES string of the molecule is NC(=O)c1nccnc1OCC(F)F. The standard InChI is InChI=1S/C7H7F2N3O2/c8-4(9)3-14-7-5(6(10)13)11-1-2-12-7/h1-2,4H,3H2,(H2,10,13). The molecule has 76 valence electrons. The molecule has 0 aliphatic heterocycles. The van der Waals surface area contributed by atoms with Crippen LogP contribution in [-0.4, -0.2) is 28.9 Å². The highest BCUT2D eigenvalue weighted by atomic mass is 19.3. The number of nitrogens with zero attached hydrogens (tertiary/aromatic N) is 2. The van der Waals surface area contributed by atoms with Crippen molar-refractivity contribution in [2.24, 2.45) is 5.73 Å². The van der Waals surface area contributed by atoms with Gasteiger partial charge >= 0.3 is 0 Å². The second-order valence-electron chi connectivity index (χ2n) is 2.28. The summed E-state index contributed by atoms with van der Waals surface area (Å²) in [7, 11) is 0. The van der Waals surface area contributed by atoms with Crippen LogP contribution in [0.3, 0.4) is 0 Å². The molecule has 1 aromatic rings. The first-order valence-corrected chi connectivity index (χ1v) is 3.63. The Kier molecular flexibility index (Phi) is 3.27. The van der Waals surface area contributed by atoms with Crippen molar-refractivity contribution >= 4 is 5.91 Å². The molecule has 0 saturated heterocycles. The third-order valence-corrected chi connectivity index (χ3v) is 1.24. The molecule has 1 rings (SSSR count). The number of rotatable bonds is 4. The number of aromatic nitrogens is 2. The second-order valence-corrected chi connectivity index (χ2v) is 2.28. The van der Waals surface area contributed by atoms with Crippen molar-refractivity contribution in [1.29, 1.82) is 0 Å². The van der Waals surface area contributed by atoms with Gasteiger partial charge in [0.05, 0.1) is 0 Å². The number of ether oxygens (including phenoxy) is 1. The second kappa shape index (κ2) is 4.45. The van der Waals surface area contributed by atoms with Crippen LogP contribution in [0.25, 0.3) is 0 Å². The first-order chi connectivity index (χ1) is 6.61. The largest absolute Gasteiger partial charge is 0.470 e.